The Morgan fingerprint density at radius 2 is 2.21 bits per heavy atom. The van der Waals surface area contributed by atoms with Crippen LogP contribution in [0.15, 0.2) is 11.6 Å². The van der Waals surface area contributed by atoms with Gasteiger partial charge in [-0.1, -0.05) is 11.6 Å². The van der Waals surface area contributed by atoms with Gasteiger partial charge in [-0.05, 0) is 29.5 Å². The van der Waals surface area contributed by atoms with Gasteiger partial charge >= 0.3 is 0 Å². The first-order valence-electron chi connectivity index (χ1n) is 3.77. The Bertz CT molecular complexity index is 471. The predicted octanol–water partition coefficient (Wildman–Crippen LogP) is 3.17. The molecule has 6 heteroatoms. The maximum Gasteiger partial charge on any atom is 0.180 e. The second-order valence-corrected chi connectivity index (χ2v) is 5.17. The van der Waals surface area contributed by atoms with Crippen LogP contribution in [0.5, 0.6) is 0 Å². The molecule has 0 aliphatic rings. The number of aromatic nitrogens is 3. The molecular weight excluding hydrogens is 333 g/mol. The third kappa shape index (κ3) is 2.04. The Balaban J connectivity index is 2.47. The van der Waals surface area contributed by atoms with E-state index in [1.54, 1.807) is 17.5 Å². The minimum atomic E-state index is 0.473. The van der Waals surface area contributed by atoms with E-state index in [9.17, 15) is 0 Å². The molecule has 0 amide bonds. The molecule has 72 valence electrons. The normalized spacial score (nSPS) is 10.5. The Morgan fingerprint density at radius 3 is 2.79 bits per heavy atom. The molecule has 3 nitrogen and oxygen atoms in total. The van der Waals surface area contributed by atoms with Crippen LogP contribution in [0.2, 0.25) is 5.15 Å². The minimum Gasteiger partial charge on any atom is -0.238 e. The molecule has 0 aliphatic carbocycles. The van der Waals surface area contributed by atoms with Crippen LogP contribution < -0.4 is 0 Å². The van der Waals surface area contributed by atoms with E-state index < -0.39 is 0 Å². The second kappa shape index (κ2) is 4.08. The molecule has 0 atom stereocenters. The highest BCUT2D eigenvalue weighted by Crippen LogP contribution is 2.21. The summed E-state index contributed by atoms with van der Waals surface area (Å²) >= 11 is 9.55. The Hall–Kier alpha value is -0.270. The Kier molecular flexibility index (Phi) is 2.99. The number of nitrogens with zero attached hydrogens (tertiary/aromatic N) is 3. The van der Waals surface area contributed by atoms with Gasteiger partial charge in [0.1, 0.15) is 10.8 Å². The zero-order valence-corrected chi connectivity index (χ0v) is 10.9. The van der Waals surface area contributed by atoms with E-state index in [2.05, 4.69) is 37.5 Å². The lowest BCUT2D eigenvalue weighted by atomic mass is 10.4. The van der Waals surface area contributed by atoms with Crippen LogP contribution in [0.4, 0.5) is 0 Å². The number of aryl methyl sites for hydroxylation is 1. The SMILES string of the molecule is Cc1nc(-c2ncc(I)c(Cl)n2)cs1. The molecule has 0 radical (unpaired) electrons. The summed E-state index contributed by atoms with van der Waals surface area (Å²) in [5.74, 6) is 0.583. The Morgan fingerprint density at radius 1 is 1.43 bits per heavy atom. The Labute approximate surface area is 104 Å². The van der Waals surface area contributed by atoms with Gasteiger partial charge in [-0.15, -0.1) is 11.3 Å². The summed E-state index contributed by atoms with van der Waals surface area (Å²) in [5.41, 5.74) is 0.783. The average molecular weight is 338 g/mol. The lowest BCUT2D eigenvalue weighted by Crippen LogP contribution is -1.91. The van der Waals surface area contributed by atoms with Crippen molar-refractivity contribution in [2.75, 3.05) is 0 Å². The van der Waals surface area contributed by atoms with Crippen molar-refractivity contribution in [1.29, 1.82) is 0 Å². The number of hydrogen-bond acceptors (Lipinski definition) is 4. The summed E-state index contributed by atoms with van der Waals surface area (Å²) < 4.78 is 0.847. The smallest absolute Gasteiger partial charge is 0.180 e. The standard InChI is InChI=1S/C8H5ClIN3S/c1-4-12-6(3-14-4)8-11-2-5(10)7(9)13-8/h2-3H,1H3. The van der Waals surface area contributed by atoms with Gasteiger partial charge in [0.05, 0.1) is 8.58 Å². The van der Waals surface area contributed by atoms with Crippen LogP contribution in [0.1, 0.15) is 5.01 Å². The van der Waals surface area contributed by atoms with E-state index >= 15 is 0 Å². The van der Waals surface area contributed by atoms with Crippen molar-refractivity contribution in [1.82, 2.24) is 15.0 Å². The zero-order chi connectivity index (χ0) is 10.1. The van der Waals surface area contributed by atoms with Gasteiger partial charge in [0.25, 0.3) is 0 Å². The molecule has 0 saturated heterocycles. The van der Waals surface area contributed by atoms with Crippen LogP contribution in [-0.2, 0) is 0 Å². The maximum absolute atomic E-state index is 5.89. The molecule has 0 fully saturated rings. The molecular formula is C8H5ClIN3S. The van der Waals surface area contributed by atoms with E-state index in [0.717, 1.165) is 14.3 Å². The molecule has 2 aromatic heterocycles. The summed E-state index contributed by atoms with van der Waals surface area (Å²) in [6.45, 7) is 1.95. The third-order valence-corrected chi connectivity index (χ3v) is 3.72. The summed E-state index contributed by atoms with van der Waals surface area (Å²) in [6, 6.07) is 0. The second-order valence-electron chi connectivity index (χ2n) is 2.58. The molecule has 0 spiro atoms. The highest BCUT2D eigenvalue weighted by Gasteiger charge is 2.07. The summed E-state index contributed by atoms with van der Waals surface area (Å²) in [7, 11) is 0. The molecule has 2 rings (SSSR count). The van der Waals surface area contributed by atoms with Crippen molar-refractivity contribution in [3.63, 3.8) is 0 Å². The molecule has 0 bridgehead atoms. The van der Waals surface area contributed by atoms with Crippen molar-refractivity contribution in [2.24, 2.45) is 0 Å². The van der Waals surface area contributed by atoms with E-state index in [-0.39, 0.29) is 0 Å². The number of rotatable bonds is 1. The van der Waals surface area contributed by atoms with Gasteiger partial charge in [0, 0.05) is 11.6 Å². The first-order valence-corrected chi connectivity index (χ1v) is 6.11. The monoisotopic (exact) mass is 337 g/mol. The highest BCUT2D eigenvalue weighted by atomic mass is 127. The van der Waals surface area contributed by atoms with Crippen LogP contribution in [0.25, 0.3) is 11.5 Å². The van der Waals surface area contributed by atoms with Crippen LogP contribution in [0, 0.1) is 10.5 Å². The van der Waals surface area contributed by atoms with Gasteiger partial charge in [-0.2, -0.15) is 0 Å². The third-order valence-electron chi connectivity index (χ3n) is 1.55. The van der Waals surface area contributed by atoms with E-state index in [4.69, 9.17) is 11.6 Å². The molecule has 0 aliphatic heterocycles. The predicted molar refractivity (Wildman–Crippen MR) is 65.6 cm³/mol. The molecule has 0 aromatic carbocycles. The molecule has 2 heterocycles. The fraction of sp³-hybridized carbons (Fsp3) is 0.125. The van der Waals surface area contributed by atoms with Gasteiger partial charge in [0.2, 0.25) is 0 Å². The van der Waals surface area contributed by atoms with Gasteiger partial charge in [-0.3, -0.25) is 0 Å². The van der Waals surface area contributed by atoms with Crippen molar-refractivity contribution >= 4 is 45.5 Å². The summed E-state index contributed by atoms with van der Waals surface area (Å²) in [4.78, 5) is 12.6. The molecule has 2 aromatic rings. The lowest BCUT2D eigenvalue weighted by Gasteiger charge is -1.97. The average Bonchev–Trinajstić information content (AvgIpc) is 2.57. The maximum atomic E-state index is 5.89. The largest absolute Gasteiger partial charge is 0.238 e. The van der Waals surface area contributed by atoms with Gasteiger partial charge < -0.3 is 0 Å². The van der Waals surface area contributed by atoms with Crippen molar-refractivity contribution in [2.45, 2.75) is 6.92 Å². The van der Waals surface area contributed by atoms with Crippen molar-refractivity contribution in [3.05, 3.63) is 25.3 Å². The van der Waals surface area contributed by atoms with E-state index in [0.29, 0.717) is 11.0 Å². The fourth-order valence-corrected chi connectivity index (χ4v) is 1.92. The molecule has 0 unspecified atom stereocenters. The molecule has 0 saturated carbocycles. The quantitative estimate of drug-likeness (QED) is 0.593. The van der Waals surface area contributed by atoms with E-state index in [1.165, 1.54) is 0 Å². The van der Waals surface area contributed by atoms with Crippen LogP contribution in [-0.4, -0.2) is 15.0 Å². The summed E-state index contributed by atoms with van der Waals surface area (Å²) in [6.07, 6.45) is 1.69. The first kappa shape index (κ1) is 10.3. The van der Waals surface area contributed by atoms with Crippen molar-refractivity contribution < 1.29 is 0 Å². The number of thiazole rings is 1. The van der Waals surface area contributed by atoms with Gasteiger partial charge in [0.15, 0.2) is 5.82 Å². The summed E-state index contributed by atoms with van der Waals surface area (Å²) in [5, 5.41) is 3.40. The number of hydrogen-bond donors (Lipinski definition) is 0. The highest BCUT2D eigenvalue weighted by molar-refractivity contribution is 14.1. The van der Waals surface area contributed by atoms with Crippen LogP contribution in [0.3, 0.4) is 0 Å². The first-order chi connectivity index (χ1) is 6.66. The topological polar surface area (TPSA) is 38.7 Å². The molecule has 0 N–H and O–H groups in total. The van der Waals surface area contributed by atoms with Crippen LogP contribution >= 0.6 is 45.5 Å². The lowest BCUT2D eigenvalue weighted by molar-refractivity contribution is 1.13. The zero-order valence-electron chi connectivity index (χ0n) is 7.16. The fourth-order valence-electron chi connectivity index (χ4n) is 0.936. The van der Waals surface area contributed by atoms with Gasteiger partial charge in [-0.25, -0.2) is 15.0 Å². The van der Waals surface area contributed by atoms with E-state index in [1.807, 2.05) is 12.3 Å². The molecule has 14 heavy (non-hydrogen) atoms. The minimum absolute atomic E-state index is 0.473. The van der Waals surface area contributed by atoms with Crippen molar-refractivity contribution in [3.8, 4) is 11.5 Å². The number of halogens is 2.